The summed E-state index contributed by atoms with van der Waals surface area (Å²) in [5.74, 6) is 3.33. The number of alkyl halides is 3. The van der Waals surface area contributed by atoms with Crippen molar-refractivity contribution < 1.29 is 18.0 Å². The van der Waals surface area contributed by atoms with E-state index in [0.717, 1.165) is 69.6 Å². The number of aromatic nitrogens is 5. The van der Waals surface area contributed by atoms with Gasteiger partial charge in [0.15, 0.2) is 11.5 Å². The number of nitrogens with one attached hydrogen (secondary N) is 1. The summed E-state index contributed by atoms with van der Waals surface area (Å²) >= 11 is 0. The lowest BCUT2D eigenvalue weighted by atomic mass is 9.57. The minimum Gasteiger partial charge on any atom is -0.323 e. The van der Waals surface area contributed by atoms with Gasteiger partial charge >= 0.3 is 12.2 Å². The van der Waals surface area contributed by atoms with Crippen LogP contribution < -0.4 is 0 Å². The molecule has 0 aromatic carbocycles. The number of aromatic amines is 1. The van der Waals surface area contributed by atoms with Crippen molar-refractivity contribution >= 4 is 6.03 Å². The maximum Gasteiger partial charge on any atom is 0.435 e. The largest absolute Gasteiger partial charge is 0.435 e. The molecule has 182 valence electrons. The topological polar surface area (TPSA) is 82.9 Å². The molecule has 2 spiro atoms. The number of nitrogens with zero attached hydrogens (tertiary/aromatic N) is 6. The van der Waals surface area contributed by atoms with Crippen LogP contribution in [0.3, 0.4) is 0 Å². The molecular weight excluding hydrogens is 447 g/mol. The Bertz CT molecular complexity index is 1110. The Morgan fingerprint density at radius 3 is 2.26 bits per heavy atom. The Labute approximate surface area is 194 Å². The lowest BCUT2D eigenvalue weighted by Crippen LogP contribution is -2.71. The molecule has 2 amide bonds. The molecule has 8 nitrogen and oxygen atoms in total. The van der Waals surface area contributed by atoms with Crippen molar-refractivity contribution in [2.45, 2.75) is 63.1 Å². The van der Waals surface area contributed by atoms with E-state index >= 15 is 0 Å². The Morgan fingerprint density at radius 2 is 1.68 bits per heavy atom. The lowest BCUT2D eigenvalue weighted by Gasteiger charge is -2.63. The second kappa shape index (κ2) is 6.75. The quantitative estimate of drug-likeness (QED) is 0.733. The van der Waals surface area contributed by atoms with Crippen LogP contribution in [-0.4, -0.2) is 67.0 Å². The van der Waals surface area contributed by atoms with E-state index in [1.165, 1.54) is 23.7 Å². The maximum atomic E-state index is 12.9. The number of rotatable bonds is 4. The predicted octanol–water partition coefficient (Wildman–Crippen LogP) is 3.61. The molecule has 0 radical (unpaired) electrons. The molecular formula is C23H28F3N7O. The van der Waals surface area contributed by atoms with E-state index in [9.17, 15) is 18.0 Å². The van der Waals surface area contributed by atoms with Crippen LogP contribution in [0.5, 0.6) is 0 Å². The number of hydrogen-bond acceptors (Lipinski definition) is 4. The number of carbonyl (C=O) groups excluding carboxylic acids is 1. The summed E-state index contributed by atoms with van der Waals surface area (Å²) in [7, 11) is 0. The van der Waals surface area contributed by atoms with Crippen LogP contribution in [0.15, 0.2) is 12.3 Å². The average Bonchev–Trinajstić information content (AvgIpc) is 3.19. The molecule has 3 aliphatic carbocycles. The van der Waals surface area contributed by atoms with Gasteiger partial charge in [-0.05, 0) is 50.5 Å². The second-order valence-corrected chi connectivity index (χ2v) is 11.6. The first-order chi connectivity index (χ1) is 16.2. The van der Waals surface area contributed by atoms with Gasteiger partial charge in [0.1, 0.15) is 5.82 Å². The van der Waals surface area contributed by atoms with Crippen molar-refractivity contribution in [2.24, 2.45) is 16.7 Å². The minimum atomic E-state index is -4.40. The first-order valence-corrected chi connectivity index (χ1v) is 12.3. The lowest BCUT2D eigenvalue weighted by molar-refractivity contribution is -0.141. The van der Waals surface area contributed by atoms with Crippen LogP contribution in [0.4, 0.5) is 18.0 Å². The smallest absolute Gasteiger partial charge is 0.323 e. The van der Waals surface area contributed by atoms with E-state index in [1.807, 2.05) is 9.80 Å². The standard InChI is InChI=1S/C23H28F3N7O/c24-23(25,26)17-3-4-33(30-17)9-14-5-21(6-14)10-31(11-21)20(34)32-12-22(13-32)7-16(8-22)19-27-18(28-29-19)15-1-2-15/h3-4,14-16H,1-2,5-13H2,(H,27,28,29). The van der Waals surface area contributed by atoms with Gasteiger partial charge in [-0.1, -0.05) is 0 Å². The summed E-state index contributed by atoms with van der Waals surface area (Å²) < 4.78 is 39.5. The first kappa shape index (κ1) is 20.8. The highest BCUT2D eigenvalue weighted by atomic mass is 19.4. The van der Waals surface area contributed by atoms with Crippen molar-refractivity contribution in [1.82, 2.24) is 34.8 Å². The van der Waals surface area contributed by atoms with Gasteiger partial charge < -0.3 is 9.80 Å². The molecule has 2 aromatic rings. The van der Waals surface area contributed by atoms with Crippen LogP contribution in [-0.2, 0) is 12.7 Å². The number of carbonyl (C=O) groups is 1. The number of H-pyrrole nitrogens is 1. The summed E-state index contributed by atoms with van der Waals surface area (Å²) in [5, 5.41) is 11.1. The van der Waals surface area contributed by atoms with Gasteiger partial charge in [0.05, 0.1) is 0 Å². The molecule has 5 aliphatic rings. The van der Waals surface area contributed by atoms with Gasteiger partial charge in [-0.3, -0.25) is 9.78 Å². The van der Waals surface area contributed by atoms with E-state index in [4.69, 9.17) is 0 Å². The fourth-order valence-electron chi connectivity index (χ4n) is 6.86. The molecule has 0 bridgehead atoms. The number of likely N-dealkylation sites (tertiary alicyclic amines) is 2. The molecule has 4 heterocycles. The number of halogens is 3. The molecule has 7 rings (SSSR count). The van der Waals surface area contributed by atoms with Crippen LogP contribution in [0, 0.1) is 16.7 Å². The van der Waals surface area contributed by atoms with E-state index < -0.39 is 11.9 Å². The summed E-state index contributed by atoms with van der Waals surface area (Å²) in [4.78, 5) is 21.5. The average molecular weight is 476 g/mol. The Balaban J connectivity index is 0.844. The van der Waals surface area contributed by atoms with Crippen molar-refractivity contribution in [1.29, 1.82) is 0 Å². The van der Waals surface area contributed by atoms with Crippen molar-refractivity contribution in [3.63, 3.8) is 0 Å². The highest BCUT2D eigenvalue weighted by Crippen LogP contribution is 2.57. The normalized spacial score (nSPS) is 25.7. The molecule has 1 N–H and O–H groups in total. The molecule has 2 aromatic heterocycles. The van der Waals surface area contributed by atoms with Crippen molar-refractivity contribution in [2.75, 3.05) is 26.2 Å². The Morgan fingerprint density at radius 1 is 1.03 bits per heavy atom. The predicted molar refractivity (Wildman–Crippen MR) is 114 cm³/mol. The minimum absolute atomic E-state index is 0.140. The van der Waals surface area contributed by atoms with Gasteiger partial charge in [0, 0.05) is 61.6 Å². The summed E-state index contributed by atoms with van der Waals surface area (Å²) in [6.45, 7) is 3.71. The van der Waals surface area contributed by atoms with E-state index in [1.54, 1.807) is 0 Å². The van der Waals surface area contributed by atoms with Gasteiger partial charge in [0.2, 0.25) is 0 Å². The van der Waals surface area contributed by atoms with E-state index in [-0.39, 0.29) is 16.9 Å². The molecule has 2 aliphatic heterocycles. The zero-order valence-corrected chi connectivity index (χ0v) is 18.9. The van der Waals surface area contributed by atoms with Crippen LogP contribution in [0.25, 0.3) is 0 Å². The Hall–Kier alpha value is -2.59. The fraction of sp³-hybridized carbons (Fsp3) is 0.739. The molecule has 34 heavy (non-hydrogen) atoms. The highest BCUT2D eigenvalue weighted by molar-refractivity contribution is 5.77. The monoisotopic (exact) mass is 475 g/mol. The van der Waals surface area contributed by atoms with Gasteiger partial charge in [-0.25, -0.2) is 9.78 Å². The van der Waals surface area contributed by atoms with Crippen LogP contribution >= 0.6 is 0 Å². The highest BCUT2D eigenvalue weighted by Gasteiger charge is 2.58. The molecule has 11 heteroatoms. The van der Waals surface area contributed by atoms with Gasteiger partial charge in [-0.15, -0.1) is 0 Å². The summed E-state index contributed by atoms with van der Waals surface area (Å²) in [6.07, 6.45) is 3.46. The third-order valence-electron chi connectivity index (χ3n) is 8.67. The van der Waals surface area contributed by atoms with Gasteiger partial charge in [0.25, 0.3) is 0 Å². The zero-order valence-electron chi connectivity index (χ0n) is 18.9. The zero-order chi connectivity index (χ0) is 23.3. The molecule has 5 fully saturated rings. The third kappa shape index (κ3) is 3.33. The summed E-state index contributed by atoms with van der Waals surface area (Å²) in [5.41, 5.74) is -0.414. The SMILES string of the molecule is O=C(N1CC2(CC(Cn3ccc(C(F)(F)F)n3)C2)C1)N1CC2(CC(c3nc(C4CC4)n[nH]3)C2)C1. The maximum absolute atomic E-state index is 12.9. The van der Waals surface area contributed by atoms with Crippen LogP contribution in [0.2, 0.25) is 0 Å². The fourth-order valence-corrected chi connectivity index (χ4v) is 6.86. The number of urea groups is 1. The molecule has 0 atom stereocenters. The second-order valence-electron chi connectivity index (χ2n) is 11.6. The third-order valence-corrected chi connectivity index (χ3v) is 8.67. The van der Waals surface area contributed by atoms with Gasteiger partial charge in [-0.2, -0.15) is 23.4 Å². The molecule has 0 unspecified atom stereocenters. The molecule has 3 saturated carbocycles. The van der Waals surface area contributed by atoms with Crippen molar-refractivity contribution in [3.8, 4) is 0 Å². The summed E-state index contributed by atoms with van der Waals surface area (Å²) in [6, 6.07) is 1.17. The molecule has 2 saturated heterocycles. The van der Waals surface area contributed by atoms with Crippen LogP contribution in [0.1, 0.15) is 67.7 Å². The Kier molecular flexibility index (Phi) is 4.12. The van der Waals surface area contributed by atoms with Crippen molar-refractivity contribution in [3.05, 3.63) is 29.6 Å². The number of amides is 2. The number of hydrogen-bond donors (Lipinski definition) is 1. The van der Waals surface area contributed by atoms with E-state index in [2.05, 4.69) is 20.3 Å². The first-order valence-electron chi connectivity index (χ1n) is 12.3. The van der Waals surface area contributed by atoms with E-state index in [0.29, 0.717) is 24.3 Å².